The zero-order chi connectivity index (χ0) is 12.3. The summed E-state index contributed by atoms with van der Waals surface area (Å²) in [6.07, 6.45) is 0. The Kier molecular flexibility index (Phi) is 3.90. The van der Waals surface area contributed by atoms with E-state index >= 15 is 0 Å². The van der Waals surface area contributed by atoms with E-state index in [-0.39, 0.29) is 18.0 Å². The second kappa shape index (κ2) is 4.99. The summed E-state index contributed by atoms with van der Waals surface area (Å²) in [6, 6.07) is 7.46. The van der Waals surface area contributed by atoms with Crippen LogP contribution < -0.4 is 11.5 Å². The molecule has 2 unspecified atom stereocenters. The Hall–Kier alpha value is -1.55. The highest BCUT2D eigenvalue weighted by molar-refractivity contribution is 5.79. The van der Waals surface area contributed by atoms with Gasteiger partial charge in [0.15, 0.2) is 0 Å². The van der Waals surface area contributed by atoms with E-state index in [1.165, 1.54) is 0 Å². The lowest BCUT2D eigenvalue weighted by Crippen LogP contribution is -2.41. The molecule has 0 aliphatic rings. The van der Waals surface area contributed by atoms with Crippen molar-refractivity contribution in [3.8, 4) is 0 Å². The maximum atomic E-state index is 11.1. The molecule has 1 aromatic rings. The molecule has 16 heavy (non-hydrogen) atoms. The average Bonchev–Trinajstić information content (AvgIpc) is 2.26. The average molecular weight is 221 g/mol. The summed E-state index contributed by atoms with van der Waals surface area (Å²) in [5.41, 5.74) is 12.8. The van der Waals surface area contributed by atoms with Gasteiger partial charge in [0.1, 0.15) is 0 Å². The summed E-state index contributed by atoms with van der Waals surface area (Å²) in [5, 5.41) is 0. The lowest BCUT2D eigenvalue weighted by Gasteiger charge is -2.29. The van der Waals surface area contributed by atoms with Gasteiger partial charge in [-0.25, -0.2) is 0 Å². The maximum absolute atomic E-state index is 11.1. The first kappa shape index (κ1) is 12.5. The number of hydrogen-bond donors (Lipinski definition) is 2. The van der Waals surface area contributed by atoms with Crippen LogP contribution in [0.5, 0.6) is 0 Å². The number of benzene rings is 1. The first-order valence-corrected chi connectivity index (χ1v) is 5.30. The van der Waals surface area contributed by atoms with Crippen LogP contribution in [0, 0.1) is 0 Å². The fraction of sp³-hybridized carbons (Fsp3) is 0.417. The zero-order valence-electron chi connectivity index (χ0n) is 9.97. The minimum atomic E-state index is -0.321. The summed E-state index contributed by atoms with van der Waals surface area (Å²) in [6.45, 7) is 3.82. The predicted molar refractivity (Wildman–Crippen MR) is 65.7 cm³/mol. The largest absolute Gasteiger partial charge is 0.399 e. The Morgan fingerprint density at radius 1 is 1.38 bits per heavy atom. The van der Waals surface area contributed by atoms with Gasteiger partial charge in [-0.05, 0) is 38.6 Å². The number of anilines is 1. The van der Waals surface area contributed by atoms with Crippen LogP contribution in [0.4, 0.5) is 5.69 Å². The molecule has 0 fully saturated rings. The van der Waals surface area contributed by atoms with Gasteiger partial charge in [0.05, 0.1) is 6.04 Å². The highest BCUT2D eigenvalue weighted by atomic mass is 16.1. The maximum Gasteiger partial charge on any atom is 0.234 e. The molecule has 1 rings (SSSR count). The summed E-state index contributed by atoms with van der Waals surface area (Å²) in [4.78, 5) is 13.0. The molecule has 88 valence electrons. The van der Waals surface area contributed by atoms with Crippen LogP contribution in [0.3, 0.4) is 0 Å². The van der Waals surface area contributed by atoms with E-state index < -0.39 is 0 Å². The molecule has 4 N–H and O–H groups in total. The van der Waals surface area contributed by atoms with Crippen molar-refractivity contribution in [3.05, 3.63) is 29.8 Å². The zero-order valence-corrected chi connectivity index (χ0v) is 9.97. The van der Waals surface area contributed by atoms with Crippen molar-refractivity contribution in [1.29, 1.82) is 0 Å². The number of primary amides is 1. The summed E-state index contributed by atoms with van der Waals surface area (Å²) < 4.78 is 0. The summed E-state index contributed by atoms with van der Waals surface area (Å²) in [7, 11) is 1.88. The van der Waals surface area contributed by atoms with Gasteiger partial charge in [0.2, 0.25) is 5.91 Å². The Balaban J connectivity index is 2.85. The number of likely N-dealkylation sites (N-methyl/N-ethyl adjacent to an activating group) is 1. The number of amides is 1. The monoisotopic (exact) mass is 221 g/mol. The fourth-order valence-corrected chi connectivity index (χ4v) is 1.59. The number of rotatable bonds is 4. The SMILES string of the molecule is CC(C(N)=O)N(C)C(C)c1cccc(N)c1. The van der Waals surface area contributed by atoms with E-state index in [1.807, 2.05) is 43.1 Å². The molecular formula is C12H19N3O. The Morgan fingerprint density at radius 3 is 2.50 bits per heavy atom. The third-order valence-corrected chi connectivity index (χ3v) is 3.03. The molecule has 0 heterocycles. The van der Waals surface area contributed by atoms with Crippen molar-refractivity contribution in [2.75, 3.05) is 12.8 Å². The third kappa shape index (κ3) is 2.73. The molecule has 4 nitrogen and oxygen atoms in total. The molecule has 0 aliphatic heterocycles. The molecular weight excluding hydrogens is 202 g/mol. The van der Waals surface area contributed by atoms with E-state index in [0.717, 1.165) is 11.3 Å². The second-order valence-electron chi connectivity index (χ2n) is 4.09. The van der Waals surface area contributed by atoms with Gasteiger partial charge in [-0.3, -0.25) is 9.69 Å². The Bertz CT molecular complexity index is 378. The molecule has 0 aromatic heterocycles. The number of nitrogen functional groups attached to an aromatic ring is 1. The topological polar surface area (TPSA) is 72.4 Å². The van der Waals surface area contributed by atoms with E-state index in [1.54, 1.807) is 6.92 Å². The van der Waals surface area contributed by atoms with Crippen LogP contribution >= 0.6 is 0 Å². The molecule has 4 heteroatoms. The Labute approximate surface area is 96.2 Å². The van der Waals surface area contributed by atoms with E-state index in [0.29, 0.717) is 0 Å². The molecule has 1 aromatic carbocycles. The number of nitrogens with two attached hydrogens (primary N) is 2. The van der Waals surface area contributed by atoms with Crippen LogP contribution in [0.2, 0.25) is 0 Å². The second-order valence-corrected chi connectivity index (χ2v) is 4.09. The molecule has 0 saturated carbocycles. The van der Waals surface area contributed by atoms with Gasteiger partial charge >= 0.3 is 0 Å². The fourth-order valence-electron chi connectivity index (χ4n) is 1.59. The van der Waals surface area contributed by atoms with E-state index in [4.69, 9.17) is 11.5 Å². The molecule has 0 radical (unpaired) electrons. The first-order valence-electron chi connectivity index (χ1n) is 5.30. The summed E-state index contributed by atoms with van der Waals surface area (Å²) in [5.74, 6) is -0.321. The minimum absolute atomic E-state index is 0.103. The van der Waals surface area contributed by atoms with Gasteiger partial charge in [0, 0.05) is 11.7 Å². The molecule has 0 spiro atoms. The third-order valence-electron chi connectivity index (χ3n) is 3.03. The molecule has 1 amide bonds. The van der Waals surface area contributed by atoms with Gasteiger partial charge in [-0.1, -0.05) is 12.1 Å². The number of nitrogens with zero attached hydrogens (tertiary/aromatic N) is 1. The number of hydrogen-bond acceptors (Lipinski definition) is 3. The predicted octanol–water partition coefficient (Wildman–Crippen LogP) is 1.14. The number of carbonyl (C=O) groups excluding carboxylic acids is 1. The smallest absolute Gasteiger partial charge is 0.234 e. The van der Waals surface area contributed by atoms with E-state index in [9.17, 15) is 4.79 Å². The lowest BCUT2D eigenvalue weighted by atomic mass is 10.1. The van der Waals surface area contributed by atoms with Crippen LogP contribution in [0.25, 0.3) is 0 Å². The van der Waals surface area contributed by atoms with Crippen molar-refractivity contribution in [1.82, 2.24) is 4.90 Å². The first-order chi connectivity index (χ1) is 7.43. The van der Waals surface area contributed by atoms with Crippen molar-refractivity contribution in [2.24, 2.45) is 5.73 Å². The van der Waals surface area contributed by atoms with Crippen molar-refractivity contribution < 1.29 is 4.79 Å². The Morgan fingerprint density at radius 2 is 2.00 bits per heavy atom. The normalized spacial score (nSPS) is 14.8. The standard InChI is InChI=1S/C12H19N3O/c1-8(15(3)9(2)12(14)16)10-5-4-6-11(13)7-10/h4-9H,13H2,1-3H3,(H2,14,16). The van der Waals surface area contributed by atoms with Crippen molar-refractivity contribution >= 4 is 11.6 Å². The molecule has 0 aliphatic carbocycles. The van der Waals surface area contributed by atoms with Crippen LogP contribution in [-0.2, 0) is 4.79 Å². The van der Waals surface area contributed by atoms with Crippen LogP contribution in [-0.4, -0.2) is 23.9 Å². The summed E-state index contributed by atoms with van der Waals surface area (Å²) >= 11 is 0. The van der Waals surface area contributed by atoms with Gasteiger partial charge < -0.3 is 11.5 Å². The lowest BCUT2D eigenvalue weighted by molar-refractivity contribution is -0.122. The van der Waals surface area contributed by atoms with Crippen LogP contribution in [0.1, 0.15) is 25.5 Å². The van der Waals surface area contributed by atoms with Crippen molar-refractivity contribution in [3.63, 3.8) is 0 Å². The number of carbonyl (C=O) groups is 1. The quantitative estimate of drug-likeness (QED) is 0.749. The minimum Gasteiger partial charge on any atom is -0.399 e. The van der Waals surface area contributed by atoms with Gasteiger partial charge in [-0.2, -0.15) is 0 Å². The highest BCUT2D eigenvalue weighted by Gasteiger charge is 2.20. The van der Waals surface area contributed by atoms with Crippen LogP contribution in [0.15, 0.2) is 24.3 Å². The van der Waals surface area contributed by atoms with Crippen molar-refractivity contribution in [2.45, 2.75) is 25.9 Å². The highest BCUT2D eigenvalue weighted by Crippen LogP contribution is 2.22. The molecule has 2 atom stereocenters. The van der Waals surface area contributed by atoms with Gasteiger partial charge in [0.25, 0.3) is 0 Å². The van der Waals surface area contributed by atoms with E-state index in [2.05, 4.69) is 0 Å². The van der Waals surface area contributed by atoms with Gasteiger partial charge in [-0.15, -0.1) is 0 Å². The molecule has 0 bridgehead atoms. The molecule has 0 saturated heterocycles.